The minimum Gasteiger partial charge on any atom is -0.381 e. The highest BCUT2D eigenvalue weighted by Gasteiger charge is 2.33. The number of ether oxygens (including phenoxy) is 2. The normalized spacial score (nSPS) is 39.1. The molecule has 0 atom stereocenters. The summed E-state index contributed by atoms with van der Waals surface area (Å²) >= 11 is 0. The molecule has 0 aromatic heterocycles. The molecule has 0 amide bonds. The SMILES string of the molecule is CO[C@H]1C[C@H](OC2CCC(NC3CCN(C)CC3)CC2)C1. The Balaban J connectivity index is 1.30. The summed E-state index contributed by atoms with van der Waals surface area (Å²) in [6, 6.07) is 1.48. The Hall–Kier alpha value is -0.160. The number of nitrogens with one attached hydrogen (secondary N) is 1. The molecular formula is C17H32N2O2. The van der Waals surface area contributed by atoms with E-state index in [2.05, 4.69) is 17.3 Å². The first kappa shape index (κ1) is 15.7. The summed E-state index contributed by atoms with van der Waals surface area (Å²) in [5, 5.41) is 3.89. The van der Waals surface area contributed by atoms with Crippen molar-refractivity contribution >= 4 is 0 Å². The van der Waals surface area contributed by atoms with Crippen LogP contribution in [0.1, 0.15) is 51.4 Å². The van der Waals surface area contributed by atoms with Crippen molar-refractivity contribution in [1.82, 2.24) is 10.2 Å². The maximum absolute atomic E-state index is 6.20. The van der Waals surface area contributed by atoms with E-state index in [0.717, 1.165) is 24.9 Å². The van der Waals surface area contributed by atoms with Crippen LogP contribution in [0.4, 0.5) is 0 Å². The van der Waals surface area contributed by atoms with Gasteiger partial charge < -0.3 is 19.7 Å². The topological polar surface area (TPSA) is 33.7 Å². The lowest BCUT2D eigenvalue weighted by Crippen LogP contribution is -2.47. The van der Waals surface area contributed by atoms with Crippen LogP contribution in [-0.4, -0.2) is 62.5 Å². The summed E-state index contributed by atoms with van der Waals surface area (Å²) in [6.45, 7) is 2.50. The molecule has 0 bridgehead atoms. The van der Waals surface area contributed by atoms with Crippen molar-refractivity contribution in [3.05, 3.63) is 0 Å². The molecule has 2 saturated carbocycles. The molecule has 4 heteroatoms. The number of nitrogens with zero attached hydrogens (tertiary/aromatic N) is 1. The summed E-state index contributed by atoms with van der Waals surface area (Å²) in [7, 11) is 4.04. The van der Waals surface area contributed by atoms with E-state index in [1.807, 2.05) is 0 Å². The van der Waals surface area contributed by atoms with Gasteiger partial charge in [0.25, 0.3) is 0 Å². The van der Waals surface area contributed by atoms with E-state index in [-0.39, 0.29) is 0 Å². The van der Waals surface area contributed by atoms with Gasteiger partial charge >= 0.3 is 0 Å². The van der Waals surface area contributed by atoms with Gasteiger partial charge in [-0.15, -0.1) is 0 Å². The molecule has 21 heavy (non-hydrogen) atoms. The third-order valence-corrected chi connectivity index (χ3v) is 5.63. The summed E-state index contributed by atoms with van der Waals surface area (Å²) < 4.78 is 11.5. The molecule has 3 rings (SSSR count). The molecule has 0 unspecified atom stereocenters. The predicted octanol–water partition coefficient (Wildman–Crippen LogP) is 2.18. The predicted molar refractivity (Wildman–Crippen MR) is 84.6 cm³/mol. The van der Waals surface area contributed by atoms with Gasteiger partial charge in [-0.05, 0) is 71.5 Å². The zero-order valence-corrected chi connectivity index (χ0v) is 13.7. The quantitative estimate of drug-likeness (QED) is 0.843. The van der Waals surface area contributed by atoms with Gasteiger partial charge in [0.1, 0.15) is 0 Å². The van der Waals surface area contributed by atoms with Gasteiger partial charge in [-0.1, -0.05) is 0 Å². The molecule has 3 fully saturated rings. The largest absolute Gasteiger partial charge is 0.381 e. The fourth-order valence-electron chi connectivity index (χ4n) is 3.97. The van der Waals surface area contributed by atoms with E-state index >= 15 is 0 Å². The Morgan fingerprint density at radius 3 is 2.05 bits per heavy atom. The van der Waals surface area contributed by atoms with Gasteiger partial charge in [-0.25, -0.2) is 0 Å². The first-order valence-electron chi connectivity index (χ1n) is 8.85. The third-order valence-electron chi connectivity index (χ3n) is 5.63. The fraction of sp³-hybridized carbons (Fsp3) is 1.00. The fourth-order valence-corrected chi connectivity index (χ4v) is 3.97. The average Bonchev–Trinajstić information content (AvgIpc) is 2.46. The Labute approximate surface area is 129 Å². The van der Waals surface area contributed by atoms with Gasteiger partial charge in [0.05, 0.1) is 18.3 Å². The van der Waals surface area contributed by atoms with Crippen molar-refractivity contribution in [2.75, 3.05) is 27.2 Å². The van der Waals surface area contributed by atoms with Crippen molar-refractivity contribution in [2.24, 2.45) is 0 Å². The molecular weight excluding hydrogens is 264 g/mol. The van der Waals surface area contributed by atoms with Crippen molar-refractivity contribution < 1.29 is 9.47 Å². The lowest BCUT2D eigenvalue weighted by molar-refractivity contribution is -0.123. The first-order valence-corrected chi connectivity index (χ1v) is 8.85. The van der Waals surface area contributed by atoms with Crippen molar-refractivity contribution in [3.63, 3.8) is 0 Å². The van der Waals surface area contributed by atoms with E-state index in [4.69, 9.17) is 9.47 Å². The second-order valence-corrected chi connectivity index (χ2v) is 7.31. The molecule has 0 radical (unpaired) electrons. The monoisotopic (exact) mass is 296 g/mol. The van der Waals surface area contributed by atoms with Crippen LogP contribution in [0, 0.1) is 0 Å². The lowest BCUT2D eigenvalue weighted by atomic mass is 9.89. The maximum Gasteiger partial charge on any atom is 0.0628 e. The highest BCUT2D eigenvalue weighted by molar-refractivity contribution is 4.86. The van der Waals surface area contributed by atoms with E-state index < -0.39 is 0 Å². The first-order chi connectivity index (χ1) is 10.2. The van der Waals surface area contributed by atoms with E-state index in [1.165, 1.54) is 51.6 Å². The van der Waals surface area contributed by atoms with Crippen molar-refractivity contribution in [3.8, 4) is 0 Å². The van der Waals surface area contributed by atoms with E-state index in [9.17, 15) is 0 Å². The van der Waals surface area contributed by atoms with Gasteiger partial charge in [0.15, 0.2) is 0 Å². The zero-order chi connectivity index (χ0) is 14.7. The number of rotatable bonds is 5. The summed E-state index contributed by atoms with van der Waals surface area (Å²) in [5.74, 6) is 0. The van der Waals surface area contributed by atoms with Gasteiger partial charge in [0.2, 0.25) is 0 Å². The van der Waals surface area contributed by atoms with Crippen LogP contribution in [0.3, 0.4) is 0 Å². The standard InChI is InChI=1S/C17H32N2O2/c1-19-9-7-14(8-10-19)18-13-3-5-15(6-4-13)21-17-11-16(12-17)20-2/h13-18H,3-12H2,1-2H3/t13?,15?,16-,17-. The number of likely N-dealkylation sites (tertiary alicyclic amines) is 1. The van der Waals surface area contributed by atoms with Crippen LogP contribution in [0.2, 0.25) is 0 Å². The third kappa shape index (κ3) is 4.41. The Kier molecular flexibility index (Phi) is 5.54. The van der Waals surface area contributed by atoms with E-state index in [0.29, 0.717) is 18.3 Å². The molecule has 4 nitrogen and oxygen atoms in total. The van der Waals surface area contributed by atoms with Crippen molar-refractivity contribution in [2.45, 2.75) is 81.8 Å². The molecule has 3 aliphatic rings. The van der Waals surface area contributed by atoms with Crippen LogP contribution >= 0.6 is 0 Å². The number of piperidine rings is 1. The number of methoxy groups -OCH3 is 1. The Bertz CT molecular complexity index is 304. The van der Waals surface area contributed by atoms with Gasteiger partial charge in [-0.3, -0.25) is 0 Å². The number of hydrogen-bond donors (Lipinski definition) is 1. The van der Waals surface area contributed by atoms with Crippen LogP contribution < -0.4 is 5.32 Å². The lowest BCUT2D eigenvalue weighted by Gasteiger charge is -2.39. The highest BCUT2D eigenvalue weighted by Crippen LogP contribution is 2.31. The van der Waals surface area contributed by atoms with Crippen LogP contribution in [0.5, 0.6) is 0 Å². The second kappa shape index (κ2) is 7.40. The summed E-state index contributed by atoms with van der Waals surface area (Å²) in [4.78, 5) is 2.44. The van der Waals surface area contributed by atoms with Crippen molar-refractivity contribution in [1.29, 1.82) is 0 Å². The Morgan fingerprint density at radius 1 is 0.810 bits per heavy atom. The van der Waals surface area contributed by atoms with Gasteiger partial charge in [0, 0.05) is 19.2 Å². The molecule has 0 aromatic carbocycles. The molecule has 122 valence electrons. The molecule has 0 aromatic rings. The summed E-state index contributed by atoms with van der Waals surface area (Å²) in [6.07, 6.45) is 11.3. The van der Waals surface area contributed by atoms with Gasteiger partial charge in [-0.2, -0.15) is 0 Å². The molecule has 0 spiro atoms. The second-order valence-electron chi connectivity index (χ2n) is 7.31. The molecule has 2 aliphatic carbocycles. The van der Waals surface area contributed by atoms with Crippen LogP contribution in [0.15, 0.2) is 0 Å². The molecule has 1 heterocycles. The zero-order valence-electron chi connectivity index (χ0n) is 13.7. The molecule has 1 saturated heterocycles. The minimum atomic E-state index is 0.456. The molecule has 1 aliphatic heterocycles. The van der Waals surface area contributed by atoms with Crippen LogP contribution in [-0.2, 0) is 9.47 Å². The highest BCUT2D eigenvalue weighted by atomic mass is 16.5. The smallest absolute Gasteiger partial charge is 0.0628 e. The minimum absolute atomic E-state index is 0.456. The number of hydrogen-bond acceptors (Lipinski definition) is 4. The molecule has 1 N–H and O–H groups in total. The summed E-state index contributed by atoms with van der Waals surface area (Å²) in [5.41, 5.74) is 0. The Morgan fingerprint density at radius 2 is 1.43 bits per heavy atom. The average molecular weight is 296 g/mol. The van der Waals surface area contributed by atoms with Crippen LogP contribution in [0.25, 0.3) is 0 Å². The van der Waals surface area contributed by atoms with E-state index in [1.54, 1.807) is 7.11 Å². The maximum atomic E-state index is 6.20.